The lowest BCUT2D eigenvalue weighted by atomic mass is 9.99. The normalized spacial score (nSPS) is 21.3. The van der Waals surface area contributed by atoms with Gasteiger partial charge in [-0.05, 0) is 56.1 Å². The predicted molar refractivity (Wildman–Crippen MR) is 111 cm³/mol. The molecule has 1 aromatic rings. The number of thiocarbonyl (C=S) groups is 1. The summed E-state index contributed by atoms with van der Waals surface area (Å²) < 4.78 is 13.3. The molecule has 1 unspecified atom stereocenters. The molecule has 2 N–H and O–H groups in total. The van der Waals surface area contributed by atoms with E-state index in [4.69, 9.17) is 23.8 Å². The lowest BCUT2D eigenvalue weighted by Crippen LogP contribution is -3.17. The highest BCUT2D eigenvalue weighted by molar-refractivity contribution is 7.80. The van der Waals surface area contributed by atoms with E-state index >= 15 is 0 Å². The molecule has 1 aliphatic heterocycles. The molecule has 3 nitrogen and oxygen atoms in total. The lowest BCUT2D eigenvalue weighted by Gasteiger charge is -2.38. The second kappa shape index (κ2) is 9.34. The van der Waals surface area contributed by atoms with Crippen LogP contribution in [0.5, 0.6) is 0 Å². The van der Waals surface area contributed by atoms with E-state index in [1.54, 1.807) is 17.0 Å². The van der Waals surface area contributed by atoms with Gasteiger partial charge in [0.15, 0.2) is 5.11 Å². The van der Waals surface area contributed by atoms with Crippen LogP contribution in [-0.4, -0.2) is 42.2 Å². The molecule has 2 fully saturated rings. The summed E-state index contributed by atoms with van der Waals surface area (Å²) in [6.07, 6.45) is 10.7. The van der Waals surface area contributed by atoms with Crippen LogP contribution in [0.3, 0.4) is 0 Å². The maximum Gasteiger partial charge on any atom is 0.173 e. The zero-order valence-electron chi connectivity index (χ0n) is 15.6. The Hall–Kier alpha value is -0.910. The third kappa shape index (κ3) is 5.08. The Morgan fingerprint density at radius 2 is 1.73 bits per heavy atom. The van der Waals surface area contributed by atoms with Crippen LogP contribution in [0, 0.1) is 5.82 Å². The largest absolute Gasteiger partial charge is 0.349 e. The third-order valence-electron chi connectivity index (χ3n) is 6.10. The van der Waals surface area contributed by atoms with Gasteiger partial charge in [-0.25, -0.2) is 4.39 Å². The Morgan fingerprint density at radius 1 is 1.12 bits per heavy atom. The first-order chi connectivity index (χ1) is 12.5. The minimum absolute atomic E-state index is 0.116. The highest BCUT2D eigenvalue weighted by Crippen LogP contribution is 2.21. The average Bonchev–Trinajstić information content (AvgIpc) is 2.94. The van der Waals surface area contributed by atoms with Gasteiger partial charge in [0.25, 0.3) is 0 Å². The lowest BCUT2D eigenvalue weighted by molar-refractivity contribution is -0.933. The standard InChI is InChI=1S/C20H29ClFN3S/c1-24(16-6-4-2-3-5-7-16)17-10-12-25(13-11-17)20(26)23-15-8-9-19(22)18(21)14-15/h8-9,14,16-17H,2-7,10-13H2,1H3,(H,23,26)/p+1. The Labute approximate surface area is 166 Å². The SMILES string of the molecule is C[NH+](C1CCCCCC1)C1CCN(C(=S)Nc2ccc(F)c(Cl)c2)CC1. The molecule has 0 spiro atoms. The van der Waals surface area contributed by atoms with E-state index in [1.165, 1.54) is 57.4 Å². The third-order valence-corrected chi connectivity index (χ3v) is 6.75. The fourth-order valence-corrected chi connectivity index (χ4v) is 4.86. The van der Waals surface area contributed by atoms with E-state index in [2.05, 4.69) is 17.3 Å². The van der Waals surface area contributed by atoms with E-state index in [-0.39, 0.29) is 5.02 Å². The van der Waals surface area contributed by atoms with Crippen molar-refractivity contribution < 1.29 is 9.29 Å². The topological polar surface area (TPSA) is 19.7 Å². The summed E-state index contributed by atoms with van der Waals surface area (Å²) in [5, 5.41) is 4.02. The van der Waals surface area contributed by atoms with E-state index in [0.29, 0.717) is 5.11 Å². The number of hydrogen-bond acceptors (Lipinski definition) is 1. The molecule has 6 heteroatoms. The molecule has 2 aliphatic rings. The Bertz CT molecular complexity index is 611. The summed E-state index contributed by atoms with van der Waals surface area (Å²) in [6.45, 7) is 1.96. The van der Waals surface area contributed by atoms with Crippen LogP contribution in [0.15, 0.2) is 18.2 Å². The van der Waals surface area contributed by atoms with Crippen LogP contribution >= 0.6 is 23.8 Å². The number of halogens is 2. The second-order valence-electron chi connectivity index (χ2n) is 7.75. The van der Waals surface area contributed by atoms with Gasteiger partial charge in [0.1, 0.15) is 5.82 Å². The predicted octanol–water partition coefficient (Wildman–Crippen LogP) is 3.88. The molecule has 1 saturated heterocycles. The van der Waals surface area contributed by atoms with Crippen molar-refractivity contribution in [3.05, 3.63) is 29.0 Å². The summed E-state index contributed by atoms with van der Waals surface area (Å²) in [5.41, 5.74) is 0.740. The maximum atomic E-state index is 13.3. The van der Waals surface area contributed by atoms with Gasteiger partial charge in [-0.1, -0.05) is 24.4 Å². The number of likely N-dealkylation sites (tertiary alicyclic amines) is 1. The van der Waals surface area contributed by atoms with E-state index in [9.17, 15) is 4.39 Å². The molecule has 1 aromatic carbocycles. The van der Waals surface area contributed by atoms with Gasteiger partial charge in [0, 0.05) is 31.6 Å². The molecular weight excluding hydrogens is 369 g/mol. The van der Waals surface area contributed by atoms with Gasteiger partial charge in [-0.3, -0.25) is 0 Å². The highest BCUT2D eigenvalue weighted by atomic mass is 35.5. The molecule has 0 radical (unpaired) electrons. The number of anilines is 1. The van der Waals surface area contributed by atoms with Crippen molar-refractivity contribution in [2.75, 3.05) is 25.5 Å². The molecule has 26 heavy (non-hydrogen) atoms. The first-order valence-electron chi connectivity index (χ1n) is 9.89. The summed E-state index contributed by atoms with van der Waals surface area (Å²) >= 11 is 11.4. The van der Waals surface area contributed by atoms with Crippen LogP contribution in [0.1, 0.15) is 51.4 Å². The number of rotatable bonds is 3. The van der Waals surface area contributed by atoms with Crippen LogP contribution in [-0.2, 0) is 0 Å². The number of nitrogens with one attached hydrogen (secondary N) is 2. The van der Waals surface area contributed by atoms with Gasteiger partial charge in [-0.15, -0.1) is 0 Å². The minimum Gasteiger partial charge on any atom is -0.349 e. The van der Waals surface area contributed by atoms with Gasteiger partial charge in [-0.2, -0.15) is 0 Å². The molecular formula is C20H30ClFN3S+. The maximum absolute atomic E-state index is 13.3. The smallest absolute Gasteiger partial charge is 0.173 e. The number of hydrogen-bond donors (Lipinski definition) is 2. The van der Waals surface area contributed by atoms with Crippen LogP contribution < -0.4 is 10.2 Å². The van der Waals surface area contributed by atoms with Crippen LogP contribution in [0.2, 0.25) is 5.02 Å². The molecule has 144 valence electrons. The molecule has 1 aliphatic carbocycles. The van der Waals surface area contributed by atoms with Crippen molar-refractivity contribution in [3.63, 3.8) is 0 Å². The van der Waals surface area contributed by atoms with Crippen molar-refractivity contribution in [2.24, 2.45) is 0 Å². The number of nitrogens with zero attached hydrogens (tertiary/aromatic N) is 1. The number of benzene rings is 1. The summed E-state index contributed by atoms with van der Waals surface area (Å²) in [6, 6.07) is 6.19. The second-order valence-corrected chi connectivity index (χ2v) is 8.55. The molecule has 0 bridgehead atoms. The quantitative estimate of drug-likeness (QED) is 0.595. The van der Waals surface area contributed by atoms with Gasteiger partial charge in [0.05, 0.1) is 24.2 Å². The van der Waals surface area contributed by atoms with Gasteiger partial charge < -0.3 is 15.1 Å². The fraction of sp³-hybridized carbons (Fsp3) is 0.650. The van der Waals surface area contributed by atoms with Gasteiger partial charge >= 0.3 is 0 Å². The molecule has 1 saturated carbocycles. The van der Waals surface area contributed by atoms with E-state index < -0.39 is 5.82 Å². The zero-order chi connectivity index (χ0) is 18.5. The van der Waals surface area contributed by atoms with Crippen molar-refractivity contribution in [2.45, 2.75) is 63.5 Å². The van der Waals surface area contributed by atoms with Crippen molar-refractivity contribution in [1.29, 1.82) is 0 Å². The Morgan fingerprint density at radius 3 is 2.35 bits per heavy atom. The summed E-state index contributed by atoms with van der Waals surface area (Å²) in [4.78, 5) is 3.96. The molecule has 3 rings (SSSR count). The van der Waals surface area contributed by atoms with E-state index in [0.717, 1.165) is 30.9 Å². The Balaban J connectivity index is 1.49. The fourth-order valence-electron chi connectivity index (χ4n) is 4.38. The van der Waals surface area contributed by atoms with Crippen LogP contribution in [0.4, 0.5) is 10.1 Å². The first-order valence-corrected chi connectivity index (χ1v) is 10.7. The van der Waals surface area contributed by atoms with Gasteiger partial charge in [0.2, 0.25) is 0 Å². The molecule has 0 amide bonds. The summed E-state index contributed by atoms with van der Waals surface area (Å²) in [7, 11) is 2.40. The van der Waals surface area contributed by atoms with E-state index in [1.807, 2.05) is 0 Å². The molecule has 0 aromatic heterocycles. The van der Waals surface area contributed by atoms with Crippen molar-refractivity contribution in [3.8, 4) is 0 Å². The minimum atomic E-state index is -0.409. The number of piperidine rings is 1. The Kier molecular flexibility index (Phi) is 7.12. The first kappa shape index (κ1) is 19.8. The number of quaternary nitrogens is 1. The summed E-state index contributed by atoms with van der Waals surface area (Å²) in [5.74, 6) is -0.409. The zero-order valence-corrected chi connectivity index (χ0v) is 17.1. The highest BCUT2D eigenvalue weighted by Gasteiger charge is 2.31. The van der Waals surface area contributed by atoms with Crippen molar-refractivity contribution >= 4 is 34.6 Å². The van der Waals surface area contributed by atoms with Crippen LogP contribution in [0.25, 0.3) is 0 Å². The molecule has 1 heterocycles. The average molecular weight is 399 g/mol. The molecule has 1 atom stereocenters. The monoisotopic (exact) mass is 398 g/mol. The van der Waals surface area contributed by atoms with Crippen molar-refractivity contribution in [1.82, 2.24) is 4.90 Å².